The van der Waals surface area contributed by atoms with Gasteiger partial charge < -0.3 is 5.32 Å². The molecule has 0 aliphatic heterocycles. The molecule has 1 aromatic rings. The molecule has 0 atom stereocenters. The summed E-state index contributed by atoms with van der Waals surface area (Å²) in [5.41, 5.74) is 2.72. The van der Waals surface area contributed by atoms with E-state index >= 15 is 0 Å². The van der Waals surface area contributed by atoms with Crippen LogP contribution in [0.2, 0.25) is 0 Å². The van der Waals surface area contributed by atoms with Crippen molar-refractivity contribution < 1.29 is 4.79 Å². The highest BCUT2D eigenvalue weighted by atomic mass is 32.1. The van der Waals surface area contributed by atoms with Gasteiger partial charge in [-0.15, -0.1) is 0 Å². The average molecular weight is 368 g/mol. The standard InChI is InChI=1S/C12H12S.C11H17NO/c13-12-8-4-7-11(12)9-10-5-2-1-3-6-10;13-6-12-11-9-2-7-1-8(4-9)5-10(11)3-7/h1-3,5-7H,4,8-9H2;6-11H,1-5H2,(H,12,13). The second-order valence-electron chi connectivity index (χ2n) is 8.59. The smallest absolute Gasteiger partial charge is 0.207 e. The van der Waals surface area contributed by atoms with Gasteiger partial charge in [0, 0.05) is 10.9 Å². The van der Waals surface area contributed by atoms with E-state index in [1.807, 2.05) is 6.07 Å². The highest BCUT2D eigenvalue weighted by Crippen LogP contribution is 2.53. The normalized spacial score (nSPS) is 34.1. The van der Waals surface area contributed by atoms with Crippen LogP contribution in [-0.4, -0.2) is 17.3 Å². The first kappa shape index (κ1) is 17.9. The number of hydrogen-bond donors (Lipinski definition) is 1. The lowest BCUT2D eigenvalue weighted by molar-refractivity contribution is -0.113. The molecule has 4 saturated carbocycles. The first-order chi connectivity index (χ1) is 12.7. The van der Waals surface area contributed by atoms with Crippen molar-refractivity contribution in [1.82, 2.24) is 5.32 Å². The number of rotatable bonds is 4. The number of allylic oxidation sites excluding steroid dienone is 2. The maximum Gasteiger partial charge on any atom is 0.207 e. The predicted octanol–water partition coefficient (Wildman–Crippen LogP) is 4.88. The topological polar surface area (TPSA) is 29.1 Å². The monoisotopic (exact) mass is 367 g/mol. The molecule has 4 fully saturated rings. The Labute approximate surface area is 162 Å². The largest absolute Gasteiger partial charge is 0.355 e. The molecule has 0 radical (unpaired) electrons. The minimum atomic E-state index is 0.533. The van der Waals surface area contributed by atoms with Crippen molar-refractivity contribution in [2.45, 2.75) is 57.4 Å². The molecule has 138 valence electrons. The predicted molar refractivity (Wildman–Crippen MR) is 110 cm³/mol. The van der Waals surface area contributed by atoms with E-state index in [0.29, 0.717) is 6.04 Å². The summed E-state index contributed by atoms with van der Waals surface area (Å²) in [5, 5.41) is 3.05. The van der Waals surface area contributed by atoms with Gasteiger partial charge in [-0.25, -0.2) is 0 Å². The lowest BCUT2D eigenvalue weighted by Crippen LogP contribution is -2.54. The number of benzene rings is 1. The molecule has 1 aromatic carbocycles. The molecule has 5 aliphatic carbocycles. The summed E-state index contributed by atoms with van der Waals surface area (Å²) >= 11 is 5.27. The van der Waals surface area contributed by atoms with Crippen molar-refractivity contribution in [3.8, 4) is 0 Å². The van der Waals surface area contributed by atoms with Crippen LogP contribution in [0.15, 0.2) is 42.0 Å². The molecule has 6 rings (SSSR count). The molecule has 5 aliphatic rings. The van der Waals surface area contributed by atoms with E-state index in [-0.39, 0.29) is 0 Å². The lowest BCUT2D eigenvalue weighted by Gasteiger charge is -2.54. The van der Waals surface area contributed by atoms with Gasteiger partial charge in [-0.1, -0.05) is 48.6 Å². The van der Waals surface area contributed by atoms with Crippen LogP contribution < -0.4 is 5.32 Å². The van der Waals surface area contributed by atoms with E-state index in [4.69, 9.17) is 12.2 Å². The van der Waals surface area contributed by atoms with Gasteiger partial charge >= 0.3 is 0 Å². The Bertz CT molecular complexity index is 653. The summed E-state index contributed by atoms with van der Waals surface area (Å²) < 4.78 is 0. The van der Waals surface area contributed by atoms with E-state index in [1.165, 1.54) is 43.2 Å². The van der Waals surface area contributed by atoms with Gasteiger partial charge in [0.1, 0.15) is 0 Å². The minimum Gasteiger partial charge on any atom is -0.355 e. The zero-order chi connectivity index (χ0) is 17.9. The Balaban J connectivity index is 0.000000129. The fourth-order valence-electron chi connectivity index (χ4n) is 5.91. The van der Waals surface area contributed by atoms with E-state index in [1.54, 1.807) is 0 Å². The number of thiocarbonyl (C=S) groups is 1. The number of amides is 1. The Morgan fingerprint density at radius 1 is 1.00 bits per heavy atom. The third-order valence-corrected chi connectivity index (χ3v) is 7.31. The molecule has 2 nitrogen and oxygen atoms in total. The summed E-state index contributed by atoms with van der Waals surface area (Å²) in [6.07, 6.45) is 13.5. The SMILES string of the molecule is O=CNC1C2CC3CC(C2)CC1C3.S=C1CCC=C1Cc1ccccc1. The van der Waals surface area contributed by atoms with Crippen molar-refractivity contribution in [3.05, 3.63) is 47.5 Å². The third kappa shape index (κ3) is 3.93. The Morgan fingerprint density at radius 2 is 1.65 bits per heavy atom. The molecule has 0 saturated heterocycles. The van der Waals surface area contributed by atoms with Crippen LogP contribution in [0, 0.1) is 23.7 Å². The van der Waals surface area contributed by atoms with E-state index in [2.05, 4.69) is 35.7 Å². The maximum atomic E-state index is 10.5. The molecular formula is C23H29NOS. The van der Waals surface area contributed by atoms with Gasteiger partial charge in [-0.2, -0.15) is 0 Å². The highest BCUT2D eigenvalue weighted by Gasteiger charge is 2.47. The number of carbonyl (C=O) groups excluding carboxylic acids is 1. The first-order valence-electron chi connectivity index (χ1n) is 10.2. The third-order valence-electron chi connectivity index (χ3n) is 6.84. The molecular weight excluding hydrogens is 338 g/mol. The Hall–Kier alpha value is -1.48. The van der Waals surface area contributed by atoms with Crippen molar-refractivity contribution >= 4 is 23.5 Å². The summed E-state index contributed by atoms with van der Waals surface area (Å²) in [6, 6.07) is 11.0. The van der Waals surface area contributed by atoms with Crippen LogP contribution in [-0.2, 0) is 11.2 Å². The summed E-state index contributed by atoms with van der Waals surface area (Å²) in [5.74, 6) is 3.65. The van der Waals surface area contributed by atoms with Crippen LogP contribution in [0.5, 0.6) is 0 Å². The van der Waals surface area contributed by atoms with Crippen molar-refractivity contribution in [1.29, 1.82) is 0 Å². The van der Waals surface area contributed by atoms with Crippen molar-refractivity contribution in [2.75, 3.05) is 0 Å². The fraction of sp³-hybridized carbons (Fsp3) is 0.565. The summed E-state index contributed by atoms with van der Waals surface area (Å²) in [4.78, 5) is 11.6. The van der Waals surface area contributed by atoms with Crippen LogP contribution >= 0.6 is 12.2 Å². The van der Waals surface area contributed by atoms with Crippen LogP contribution in [0.25, 0.3) is 0 Å². The molecule has 1 N–H and O–H groups in total. The molecule has 0 heterocycles. The first-order valence-corrected chi connectivity index (χ1v) is 10.6. The average Bonchev–Trinajstić information content (AvgIpc) is 3.04. The second kappa shape index (κ2) is 8.04. The quantitative estimate of drug-likeness (QED) is 0.607. The Kier molecular flexibility index (Phi) is 5.54. The van der Waals surface area contributed by atoms with Crippen LogP contribution in [0.1, 0.15) is 50.5 Å². The maximum absolute atomic E-state index is 10.5. The molecule has 0 unspecified atom stereocenters. The molecule has 0 spiro atoms. The molecule has 26 heavy (non-hydrogen) atoms. The second-order valence-corrected chi connectivity index (χ2v) is 9.09. The molecule has 0 aromatic heterocycles. The van der Waals surface area contributed by atoms with E-state index in [9.17, 15) is 4.79 Å². The van der Waals surface area contributed by atoms with Crippen LogP contribution in [0.3, 0.4) is 0 Å². The number of nitrogens with one attached hydrogen (secondary N) is 1. The van der Waals surface area contributed by atoms with Gasteiger partial charge in [0.05, 0.1) is 0 Å². The summed E-state index contributed by atoms with van der Waals surface area (Å²) in [7, 11) is 0. The van der Waals surface area contributed by atoms with Crippen molar-refractivity contribution in [2.24, 2.45) is 23.7 Å². The summed E-state index contributed by atoms with van der Waals surface area (Å²) in [6.45, 7) is 0. The number of carbonyl (C=O) groups is 1. The van der Waals surface area contributed by atoms with Gasteiger partial charge in [-0.05, 0) is 86.2 Å². The molecule has 1 amide bonds. The van der Waals surface area contributed by atoms with Gasteiger partial charge in [0.2, 0.25) is 6.41 Å². The zero-order valence-corrected chi connectivity index (χ0v) is 16.2. The zero-order valence-electron chi connectivity index (χ0n) is 15.4. The fourth-order valence-corrected chi connectivity index (χ4v) is 6.19. The molecule has 3 heteroatoms. The minimum absolute atomic E-state index is 0.533. The molecule has 4 bridgehead atoms. The van der Waals surface area contributed by atoms with Gasteiger partial charge in [0.25, 0.3) is 0 Å². The van der Waals surface area contributed by atoms with Gasteiger partial charge in [-0.3, -0.25) is 4.79 Å². The van der Waals surface area contributed by atoms with Crippen molar-refractivity contribution in [3.63, 3.8) is 0 Å². The van der Waals surface area contributed by atoms with Gasteiger partial charge in [0.15, 0.2) is 0 Å². The van der Waals surface area contributed by atoms with E-state index < -0.39 is 0 Å². The number of hydrogen-bond acceptors (Lipinski definition) is 2. The van der Waals surface area contributed by atoms with E-state index in [0.717, 1.165) is 54.2 Å². The Morgan fingerprint density at radius 3 is 2.19 bits per heavy atom. The van der Waals surface area contributed by atoms with Crippen LogP contribution in [0.4, 0.5) is 0 Å². The lowest BCUT2D eigenvalue weighted by atomic mass is 9.54. The highest BCUT2D eigenvalue weighted by molar-refractivity contribution is 7.80.